The second-order valence-electron chi connectivity index (χ2n) is 6.69. The monoisotopic (exact) mass is 357 g/mol. The highest BCUT2D eigenvalue weighted by molar-refractivity contribution is 5.84. The Morgan fingerprint density at radius 3 is 2.26 bits per heavy atom. The Kier molecular flexibility index (Phi) is 4.95. The van der Waals surface area contributed by atoms with Gasteiger partial charge in [-0.1, -0.05) is 60.7 Å². The molecule has 0 aliphatic heterocycles. The third-order valence-corrected chi connectivity index (χ3v) is 4.89. The maximum atomic E-state index is 8.94. The zero-order valence-electron chi connectivity index (χ0n) is 15.4. The minimum atomic E-state index is 0.0169. The van der Waals surface area contributed by atoms with E-state index in [2.05, 4.69) is 78.4 Å². The molecular weight excluding hydrogens is 334 g/mol. The first-order chi connectivity index (χ1) is 13.3. The smallest absolute Gasteiger partial charge is 0.119 e. The zero-order valence-corrected chi connectivity index (χ0v) is 15.4. The number of hydrogen-bond acceptors (Lipinski definition) is 2. The molecule has 1 N–H and O–H groups in total. The summed E-state index contributed by atoms with van der Waals surface area (Å²) < 4.78 is 7.87. The minimum absolute atomic E-state index is 0.0169. The Morgan fingerprint density at radius 2 is 1.52 bits per heavy atom. The number of nitrogens with zero attached hydrogens (tertiary/aromatic N) is 1. The molecule has 3 nitrogen and oxygen atoms in total. The lowest BCUT2D eigenvalue weighted by Crippen LogP contribution is -2.11. The van der Waals surface area contributed by atoms with Gasteiger partial charge < -0.3 is 14.4 Å². The number of ether oxygens (including phenoxy) is 1. The van der Waals surface area contributed by atoms with E-state index in [1.54, 1.807) is 0 Å². The molecule has 0 radical (unpaired) electrons. The second-order valence-corrected chi connectivity index (χ2v) is 6.69. The van der Waals surface area contributed by atoms with Gasteiger partial charge in [0.25, 0.3) is 0 Å². The number of fused-ring (bicyclic) bond motifs is 1. The summed E-state index contributed by atoms with van der Waals surface area (Å²) >= 11 is 0. The van der Waals surface area contributed by atoms with Crippen molar-refractivity contribution in [1.29, 1.82) is 0 Å². The van der Waals surface area contributed by atoms with Crippen LogP contribution in [0.3, 0.4) is 0 Å². The summed E-state index contributed by atoms with van der Waals surface area (Å²) in [6, 6.07) is 27.3. The Bertz CT molecular complexity index is 1020. The number of para-hydroxylation sites is 1. The maximum Gasteiger partial charge on any atom is 0.119 e. The van der Waals surface area contributed by atoms with Gasteiger partial charge in [-0.3, -0.25) is 0 Å². The maximum absolute atomic E-state index is 8.94. The molecule has 3 aromatic carbocycles. The van der Waals surface area contributed by atoms with E-state index >= 15 is 0 Å². The van der Waals surface area contributed by atoms with Crippen molar-refractivity contribution in [2.75, 3.05) is 13.2 Å². The number of aliphatic hydroxyl groups excluding tert-OH is 1. The van der Waals surface area contributed by atoms with E-state index in [4.69, 9.17) is 9.84 Å². The van der Waals surface area contributed by atoms with Crippen LogP contribution in [-0.4, -0.2) is 22.9 Å². The molecule has 1 unspecified atom stereocenters. The molecular formula is C24H23NO2. The number of aliphatic hydroxyl groups is 1. The average Bonchev–Trinajstić information content (AvgIpc) is 3.05. The van der Waals surface area contributed by atoms with E-state index in [0.29, 0.717) is 6.61 Å². The van der Waals surface area contributed by atoms with Crippen LogP contribution in [0, 0.1) is 6.92 Å². The molecule has 136 valence electrons. The molecule has 0 aliphatic rings. The molecule has 0 amide bonds. The summed E-state index contributed by atoms with van der Waals surface area (Å²) in [6.45, 7) is 2.48. The third kappa shape index (κ3) is 3.46. The van der Waals surface area contributed by atoms with E-state index in [9.17, 15) is 0 Å². The van der Waals surface area contributed by atoms with Crippen LogP contribution in [0.2, 0.25) is 0 Å². The van der Waals surface area contributed by atoms with Crippen molar-refractivity contribution in [3.63, 3.8) is 0 Å². The fourth-order valence-electron chi connectivity index (χ4n) is 3.65. The van der Waals surface area contributed by atoms with E-state index in [1.165, 1.54) is 27.6 Å². The Balaban J connectivity index is 1.83. The van der Waals surface area contributed by atoms with Gasteiger partial charge in [0.1, 0.15) is 12.4 Å². The predicted molar refractivity (Wildman–Crippen MR) is 109 cm³/mol. The van der Waals surface area contributed by atoms with Gasteiger partial charge in [-0.05, 0) is 41.8 Å². The van der Waals surface area contributed by atoms with E-state index < -0.39 is 0 Å². The van der Waals surface area contributed by atoms with Crippen molar-refractivity contribution in [3.05, 3.63) is 102 Å². The highest BCUT2D eigenvalue weighted by Crippen LogP contribution is 2.33. The second kappa shape index (κ2) is 7.68. The summed E-state index contributed by atoms with van der Waals surface area (Å²) in [5.41, 5.74) is 4.93. The van der Waals surface area contributed by atoms with E-state index in [0.717, 1.165) is 5.75 Å². The SMILES string of the molecule is Cc1cn(C(c2ccccc2)c2ccc(OCCO)cc2)c2ccccc12. The molecule has 4 rings (SSSR count). The van der Waals surface area contributed by atoms with Crippen LogP contribution in [0.1, 0.15) is 22.7 Å². The standard InChI is InChI=1S/C24H23NO2/c1-18-17-25(23-10-6-5-9-22(18)23)24(19-7-3-2-4-8-19)20-11-13-21(14-12-20)27-16-15-26/h2-14,17,24,26H,15-16H2,1H3. The summed E-state index contributed by atoms with van der Waals surface area (Å²) in [6.07, 6.45) is 2.23. The highest BCUT2D eigenvalue weighted by Gasteiger charge is 2.19. The predicted octanol–water partition coefficient (Wildman–Crippen LogP) is 4.96. The average molecular weight is 357 g/mol. The number of benzene rings is 3. The summed E-state index contributed by atoms with van der Waals surface area (Å²) in [5.74, 6) is 0.771. The summed E-state index contributed by atoms with van der Waals surface area (Å²) in [5, 5.41) is 10.2. The van der Waals surface area contributed by atoms with Crippen molar-refractivity contribution < 1.29 is 9.84 Å². The Hall–Kier alpha value is -3.04. The Labute approximate surface area is 159 Å². The summed E-state index contributed by atoms with van der Waals surface area (Å²) in [4.78, 5) is 0. The molecule has 1 aromatic heterocycles. The third-order valence-electron chi connectivity index (χ3n) is 4.89. The van der Waals surface area contributed by atoms with Crippen LogP contribution in [-0.2, 0) is 0 Å². The highest BCUT2D eigenvalue weighted by atomic mass is 16.5. The van der Waals surface area contributed by atoms with Crippen LogP contribution in [0.4, 0.5) is 0 Å². The molecule has 1 heterocycles. The molecule has 0 bridgehead atoms. The van der Waals surface area contributed by atoms with Crippen LogP contribution >= 0.6 is 0 Å². The molecule has 0 saturated carbocycles. The lowest BCUT2D eigenvalue weighted by atomic mass is 9.98. The van der Waals surface area contributed by atoms with Gasteiger partial charge >= 0.3 is 0 Å². The fraction of sp³-hybridized carbons (Fsp3) is 0.167. The topological polar surface area (TPSA) is 34.4 Å². The molecule has 0 aliphatic carbocycles. The van der Waals surface area contributed by atoms with Crippen LogP contribution in [0.25, 0.3) is 10.9 Å². The van der Waals surface area contributed by atoms with Crippen molar-refractivity contribution in [2.24, 2.45) is 0 Å². The number of rotatable bonds is 6. The first kappa shape index (κ1) is 17.4. The van der Waals surface area contributed by atoms with Crippen molar-refractivity contribution in [1.82, 2.24) is 4.57 Å². The number of aromatic nitrogens is 1. The first-order valence-corrected chi connectivity index (χ1v) is 9.22. The van der Waals surface area contributed by atoms with Gasteiger partial charge in [-0.2, -0.15) is 0 Å². The van der Waals surface area contributed by atoms with Gasteiger partial charge in [0, 0.05) is 17.1 Å². The molecule has 27 heavy (non-hydrogen) atoms. The minimum Gasteiger partial charge on any atom is -0.491 e. The molecule has 1 atom stereocenters. The van der Waals surface area contributed by atoms with Gasteiger partial charge in [0.2, 0.25) is 0 Å². The van der Waals surface area contributed by atoms with Crippen molar-refractivity contribution in [3.8, 4) is 5.75 Å². The lowest BCUT2D eigenvalue weighted by Gasteiger charge is -2.22. The number of hydrogen-bond donors (Lipinski definition) is 1. The fourth-order valence-corrected chi connectivity index (χ4v) is 3.65. The van der Waals surface area contributed by atoms with Gasteiger partial charge in [-0.15, -0.1) is 0 Å². The lowest BCUT2D eigenvalue weighted by molar-refractivity contribution is 0.201. The van der Waals surface area contributed by atoms with Crippen LogP contribution in [0.15, 0.2) is 85.1 Å². The van der Waals surface area contributed by atoms with Crippen molar-refractivity contribution >= 4 is 10.9 Å². The van der Waals surface area contributed by atoms with Gasteiger partial charge in [0.05, 0.1) is 12.6 Å². The van der Waals surface area contributed by atoms with E-state index in [-0.39, 0.29) is 12.6 Å². The van der Waals surface area contributed by atoms with Crippen LogP contribution in [0.5, 0.6) is 5.75 Å². The van der Waals surface area contributed by atoms with E-state index in [1.807, 2.05) is 18.2 Å². The van der Waals surface area contributed by atoms with Gasteiger partial charge in [0.15, 0.2) is 0 Å². The van der Waals surface area contributed by atoms with Gasteiger partial charge in [-0.25, -0.2) is 0 Å². The Morgan fingerprint density at radius 1 is 0.852 bits per heavy atom. The van der Waals surface area contributed by atoms with Crippen LogP contribution < -0.4 is 4.74 Å². The number of aryl methyl sites for hydroxylation is 1. The first-order valence-electron chi connectivity index (χ1n) is 9.22. The largest absolute Gasteiger partial charge is 0.491 e. The summed E-state index contributed by atoms with van der Waals surface area (Å²) in [7, 11) is 0. The molecule has 0 spiro atoms. The van der Waals surface area contributed by atoms with Crippen molar-refractivity contribution in [2.45, 2.75) is 13.0 Å². The molecule has 3 heteroatoms. The molecule has 0 saturated heterocycles. The zero-order chi connectivity index (χ0) is 18.6. The normalized spacial score (nSPS) is 12.2. The molecule has 4 aromatic rings. The molecule has 0 fully saturated rings. The quantitative estimate of drug-likeness (QED) is 0.529.